The maximum absolute atomic E-state index is 11.9. The highest BCUT2D eigenvalue weighted by Crippen LogP contribution is 2.34. The van der Waals surface area contributed by atoms with Gasteiger partial charge < -0.3 is 10.1 Å². The van der Waals surface area contributed by atoms with Crippen LogP contribution in [0, 0.1) is 0 Å². The van der Waals surface area contributed by atoms with Crippen molar-refractivity contribution in [1.29, 1.82) is 0 Å². The van der Waals surface area contributed by atoms with Gasteiger partial charge in [0.2, 0.25) is 0 Å². The molecule has 0 bridgehead atoms. The molecular weight excluding hydrogens is 278 g/mol. The fourth-order valence-corrected chi connectivity index (χ4v) is 2.46. The average Bonchev–Trinajstić information content (AvgIpc) is 2.88. The maximum Gasteiger partial charge on any atom is 0.287 e. The number of halogens is 1. The van der Waals surface area contributed by atoms with Crippen molar-refractivity contribution < 1.29 is 4.74 Å². The molecule has 2 aromatic rings. The highest BCUT2D eigenvalue weighted by molar-refractivity contribution is 6.32. The Labute approximate surface area is 121 Å². The van der Waals surface area contributed by atoms with Gasteiger partial charge in [0.05, 0.1) is 17.9 Å². The zero-order chi connectivity index (χ0) is 14.1. The summed E-state index contributed by atoms with van der Waals surface area (Å²) in [5.74, 6) is 0.857. The molecule has 0 saturated carbocycles. The predicted molar refractivity (Wildman–Crippen MR) is 77.5 cm³/mol. The highest BCUT2D eigenvalue weighted by atomic mass is 35.5. The van der Waals surface area contributed by atoms with Crippen LogP contribution >= 0.6 is 11.6 Å². The molecule has 0 amide bonds. The number of rotatable bonds is 3. The van der Waals surface area contributed by atoms with Gasteiger partial charge >= 0.3 is 0 Å². The molecule has 5 nitrogen and oxygen atoms in total. The molecule has 0 aliphatic carbocycles. The van der Waals surface area contributed by atoms with Crippen molar-refractivity contribution in [3.05, 3.63) is 51.4 Å². The van der Waals surface area contributed by atoms with Gasteiger partial charge in [0.25, 0.3) is 5.56 Å². The van der Waals surface area contributed by atoms with E-state index in [-0.39, 0.29) is 16.6 Å². The van der Waals surface area contributed by atoms with Crippen molar-refractivity contribution in [3.63, 3.8) is 0 Å². The zero-order valence-electron chi connectivity index (χ0n) is 11.0. The zero-order valence-corrected chi connectivity index (χ0v) is 11.7. The molecule has 1 aromatic heterocycles. The van der Waals surface area contributed by atoms with Gasteiger partial charge in [0.1, 0.15) is 17.4 Å². The van der Waals surface area contributed by atoms with Crippen LogP contribution in [0.25, 0.3) is 0 Å². The molecule has 1 unspecified atom stereocenters. The number of anilines is 1. The Hall–Kier alpha value is -2.01. The van der Waals surface area contributed by atoms with Crippen LogP contribution in [0.3, 0.4) is 0 Å². The van der Waals surface area contributed by atoms with E-state index in [1.54, 1.807) is 6.20 Å². The van der Waals surface area contributed by atoms with Crippen molar-refractivity contribution >= 4 is 17.3 Å². The number of aromatic nitrogens is 2. The van der Waals surface area contributed by atoms with Gasteiger partial charge in [-0.3, -0.25) is 4.79 Å². The van der Waals surface area contributed by atoms with Crippen LogP contribution in [0.2, 0.25) is 5.02 Å². The fourth-order valence-electron chi connectivity index (χ4n) is 2.26. The molecule has 1 aliphatic heterocycles. The normalized spacial score (nSPS) is 16.6. The number of ether oxygens (including phenoxy) is 1. The van der Waals surface area contributed by atoms with Gasteiger partial charge in [-0.1, -0.05) is 29.8 Å². The summed E-state index contributed by atoms with van der Waals surface area (Å²) >= 11 is 6.11. The second-order valence-corrected chi connectivity index (χ2v) is 4.92. The minimum atomic E-state index is -0.286. The SMILES string of the molecule is CCn1ncc(NC2COc3ccccc32)c(Cl)c1=O. The number of aryl methyl sites for hydroxylation is 1. The van der Waals surface area contributed by atoms with Crippen LogP contribution in [0.15, 0.2) is 35.3 Å². The van der Waals surface area contributed by atoms with E-state index >= 15 is 0 Å². The van der Waals surface area contributed by atoms with Gasteiger partial charge in [-0.2, -0.15) is 5.10 Å². The van der Waals surface area contributed by atoms with Crippen molar-refractivity contribution in [2.45, 2.75) is 19.5 Å². The summed E-state index contributed by atoms with van der Waals surface area (Å²) in [6.07, 6.45) is 1.58. The first-order valence-electron chi connectivity index (χ1n) is 6.44. The number of hydrogen-bond acceptors (Lipinski definition) is 4. The van der Waals surface area contributed by atoms with E-state index in [0.29, 0.717) is 18.8 Å². The number of para-hydroxylation sites is 1. The molecule has 6 heteroatoms. The minimum Gasteiger partial charge on any atom is -0.491 e. The summed E-state index contributed by atoms with van der Waals surface area (Å²) in [6, 6.07) is 7.78. The maximum atomic E-state index is 11.9. The fraction of sp³-hybridized carbons (Fsp3) is 0.286. The third-order valence-corrected chi connectivity index (χ3v) is 3.68. The molecular formula is C14H14ClN3O2. The van der Waals surface area contributed by atoms with Crippen LogP contribution in [-0.2, 0) is 6.54 Å². The lowest BCUT2D eigenvalue weighted by atomic mass is 10.1. The van der Waals surface area contributed by atoms with E-state index in [4.69, 9.17) is 16.3 Å². The topological polar surface area (TPSA) is 56.1 Å². The first-order valence-corrected chi connectivity index (χ1v) is 6.82. The van der Waals surface area contributed by atoms with Crippen molar-refractivity contribution in [2.75, 3.05) is 11.9 Å². The van der Waals surface area contributed by atoms with Crippen LogP contribution in [0.5, 0.6) is 5.75 Å². The molecule has 2 heterocycles. The lowest BCUT2D eigenvalue weighted by Gasteiger charge is -2.14. The minimum absolute atomic E-state index is 0.0256. The number of nitrogens with one attached hydrogen (secondary N) is 1. The Morgan fingerprint density at radius 1 is 1.50 bits per heavy atom. The Kier molecular flexibility index (Phi) is 3.36. The van der Waals surface area contributed by atoms with Gasteiger partial charge in [-0.25, -0.2) is 4.68 Å². The van der Waals surface area contributed by atoms with Crippen LogP contribution in [0.4, 0.5) is 5.69 Å². The van der Waals surface area contributed by atoms with Crippen molar-refractivity contribution in [3.8, 4) is 5.75 Å². The Balaban J connectivity index is 1.90. The molecule has 0 saturated heterocycles. The average molecular weight is 292 g/mol. The number of hydrogen-bond donors (Lipinski definition) is 1. The molecule has 0 spiro atoms. The summed E-state index contributed by atoms with van der Waals surface area (Å²) in [7, 11) is 0. The standard InChI is InChI=1S/C14H14ClN3O2/c1-2-18-14(19)13(15)10(7-16-18)17-11-8-20-12-6-4-3-5-9(11)12/h3-7,11,17H,2,8H2,1H3. The third kappa shape index (κ3) is 2.14. The van der Waals surface area contributed by atoms with E-state index in [0.717, 1.165) is 11.3 Å². The first kappa shape index (κ1) is 13.0. The Bertz CT molecular complexity index is 699. The largest absolute Gasteiger partial charge is 0.491 e. The number of nitrogens with zero attached hydrogens (tertiary/aromatic N) is 2. The van der Waals surface area contributed by atoms with E-state index in [1.807, 2.05) is 31.2 Å². The molecule has 1 atom stereocenters. The highest BCUT2D eigenvalue weighted by Gasteiger charge is 2.24. The van der Waals surface area contributed by atoms with E-state index in [1.165, 1.54) is 4.68 Å². The van der Waals surface area contributed by atoms with Gasteiger partial charge in [-0.05, 0) is 13.0 Å². The van der Waals surface area contributed by atoms with Gasteiger partial charge in [0, 0.05) is 12.1 Å². The predicted octanol–water partition coefficient (Wildman–Crippen LogP) is 2.46. The first-order chi connectivity index (χ1) is 9.70. The number of benzene rings is 1. The van der Waals surface area contributed by atoms with Crippen molar-refractivity contribution in [2.24, 2.45) is 0 Å². The lowest BCUT2D eigenvalue weighted by molar-refractivity contribution is 0.340. The smallest absolute Gasteiger partial charge is 0.287 e. The summed E-state index contributed by atoms with van der Waals surface area (Å²) in [5, 5.41) is 7.46. The molecule has 0 fully saturated rings. The molecule has 1 aliphatic rings. The molecule has 1 N–H and O–H groups in total. The van der Waals surface area contributed by atoms with Crippen LogP contribution in [0.1, 0.15) is 18.5 Å². The summed E-state index contributed by atoms with van der Waals surface area (Å²) in [6.45, 7) is 2.85. The summed E-state index contributed by atoms with van der Waals surface area (Å²) in [5.41, 5.74) is 1.31. The summed E-state index contributed by atoms with van der Waals surface area (Å²) < 4.78 is 6.91. The molecule has 20 heavy (non-hydrogen) atoms. The summed E-state index contributed by atoms with van der Waals surface area (Å²) in [4.78, 5) is 11.9. The van der Waals surface area contributed by atoms with Crippen LogP contribution < -0.4 is 15.6 Å². The number of fused-ring (bicyclic) bond motifs is 1. The van der Waals surface area contributed by atoms with Gasteiger partial charge in [0.15, 0.2) is 0 Å². The van der Waals surface area contributed by atoms with Crippen LogP contribution in [-0.4, -0.2) is 16.4 Å². The van der Waals surface area contributed by atoms with E-state index < -0.39 is 0 Å². The van der Waals surface area contributed by atoms with E-state index in [9.17, 15) is 4.79 Å². The Morgan fingerprint density at radius 3 is 3.10 bits per heavy atom. The van der Waals surface area contributed by atoms with Crippen molar-refractivity contribution in [1.82, 2.24) is 9.78 Å². The molecule has 104 valence electrons. The van der Waals surface area contributed by atoms with E-state index in [2.05, 4.69) is 10.4 Å². The second-order valence-electron chi connectivity index (χ2n) is 4.54. The third-order valence-electron chi connectivity index (χ3n) is 3.31. The Morgan fingerprint density at radius 2 is 2.30 bits per heavy atom. The van der Waals surface area contributed by atoms with Gasteiger partial charge in [-0.15, -0.1) is 0 Å². The molecule has 1 aromatic carbocycles. The molecule has 3 rings (SSSR count). The quantitative estimate of drug-likeness (QED) is 0.944. The monoisotopic (exact) mass is 291 g/mol. The molecule has 0 radical (unpaired) electrons. The second kappa shape index (κ2) is 5.17. The lowest BCUT2D eigenvalue weighted by Crippen LogP contribution is -2.24.